The maximum atomic E-state index is 5.35. The van der Waals surface area contributed by atoms with Gasteiger partial charge >= 0.3 is 0 Å². The molecule has 0 spiro atoms. The SMILES string of the molecule is CCCCc1noc(C(C)Sc2nncn2C2CC2)n1. The Labute approximate surface area is 122 Å². The molecule has 0 N–H and O–H groups in total. The second kappa shape index (κ2) is 5.95. The highest BCUT2D eigenvalue weighted by Crippen LogP contribution is 2.40. The zero-order valence-electron chi connectivity index (χ0n) is 11.8. The summed E-state index contributed by atoms with van der Waals surface area (Å²) in [4.78, 5) is 4.46. The summed E-state index contributed by atoms with van der Waals surface area (Å²) in [5.41, 5.74) is 0. The Hall–Kier alpha value is -1.37. The lowest BCUT2D eigenvalue weighted by Crippen LogP contribution is -1.97. The molecule has 0 bridgehead atoms. The van der Waals surface area contributed by atoms with Gasteiger partial charge in [0.2, 0.25) is 5.89 Å². The lowest BCUT2D eigenvalue weighted by atomic mass is 10.2. The minimum Gasteiger partial charge on any atom is -0.338 e. The molecule has 1 fully saturated rings. The molecule has 1 saturated carbocycles. The van der Waals surface area contributed by atoms with E-state index in [2.05, 4.69) is 38.8 Å². The summed E-state index contributed by atoms with van der Waals surface area (Å²) in [7, 11) is 0. The van der Waals surface area contributed by atoms with Crippen LogP contribution < -0.4 is 0 Å². The normalized spacial score (nSPS) is 16.5. The van der Waals surface area contributed by atoms with Crippen molar-refractivity contribution < 1.29 is 4.52 Å². The number of unbranched alkanes of at least 4 members (excludes halogenated alkanes) is 1. The molecule has 1 aliphatic rings. The van der Waals surface area contributed by atoms with E-state index >= 15 is 0 Å². The fourth-order valence-electron chi connectivity index (χ4n) is 2.00. The van der Waals surface area contributed by atoms with Gasteiger partial charge in [-0.3, -0.25) is 0 Å². The fraction of sp³-hybridized carbons (Fsp3) is 0.692. The van der Waals surface area contributed by atoms with Gasteiger partial charge in [-0.15, -0.1) is 10.2 Å². The minimum atomic E-state index is 0.0968. The van der Waals surface area contributed by atoms with Crippen molar-refractivity contribution in [3.05, 3.63) is 18.0 Å². The smallest absolute Gasteiger partial charge is 0.239 e. The second-order valence-corrected chi connectivity index (χ2v) is 6.47. The Morgan fingerprint density at radius 2 is 2.35 bits per heavy atom. The fourth-order valence-corrected chi connectivity index (χ4v) is 2.92. The van der Waals surface area contributed by atoms with Gasteiger partial charge in [-0.05, 0) is 26.2 Å². The zero-order valence-corrected chi connectivity index (χ0v) is 12.6. The molecule has 1 aliphatic carbocycles. The Kier molecular flexibility index (Phi) is 4.05. The van der Waals surface area contributed by atoms with Crippen LogP contribution in [-0.4, -0.2) is 24.9 Å². The van der Waals surface area contributed by atoms with Crippen LogP contribution in [0.4, 0.5) is 0 Å². The van der Waals surface area contributed by atoms with Crippen LogP contribution >= 0.6 is 11.8 Å². The van der Waals surface area contributed by atoms with Crippen LogP contribution in [0.5, 0.6) is 0 Å². The molecule has 2 aromatic heterocycles. The summed E-state index contributed by atoms with van der Waals surface area (Å²) in [6.45, 7) is 4.22. The van der Waals surface area contributed by atoms with Crippen molar-refractivity contribution in [2.75, 3.05) is 0 Å². The number of aryl methyl sites for hydroxylation is 1. The highest BCUT2D eigenvalue weighted by Gasteiger charge is 2.27. The first-order valence-corrected chi connectivity index (χ1v) is 8.04. The molecule has 1 unspecified atom stereocenters. The standard InChI is InChI=1S/C13H19N5OS/c1-3-4-5-11-15-12(19-17-11)9(2)20-13-16-14-8-18(13)10-6-7-10/h8-10H,3-7H2,1-2H3. The number of hydrogen-bond acceptors (Lipinski definition) is 6. The minimum absolute atomic E-state index is 0.0968. The average molecular weight is 293 g/mol. The van der Waals surface area contributed by atoms with Gasteiger partial charge in [0.1, 0.15) is 6.33 Å². The van der Waals surface area contributed by atoms with E-state index in [-0.39, 0.29) is 5.25 Å². The average Bonchev–Trinajstić information content (AvgIpc) is 3.00. The first kappa shape index (κ1) is 13.6. The third kappa shape index (κ3) is 3.03. The predicted molar refractivity (Wildman–Crippen MR) is 75.5 cm³/mol. The molecule has 0 aliphatic heterocycles. The zero-order chi connectivity index (χ0) is 13.9. The summed E-state index contributed by atoms with van der Waals surface area (Å²) in [6, 6.07) is 0.586. The molecule has 6 nitrogen and oxygen atoms in total. The Morgan fingerprint density at radius 1 is 1.50 bits per heavy atom. The lowest BCUT2D eigenvalue weighted by molar-refractivity contribution is 0.374. The van der Waals surface area contributed by atoms with Crippen molar-refractivity contribution in [3.63, 3.8) is 0 Å². The molecule has 108 valence electrons. The molecular weight excluding hydrogens is 274 g/mol. The summed E-state index contributed by atoms with van der Waals surface area (Å²) >= 11 is 1.63. The number of hydrogen-bond donors (Lipinski definition) is 0. The highest BCUT2D eigenvalue weighted by molar-refractivity contribution is 7.99. The summed E-state index contributed by atoms with van der Waals surface area (Å²) in [5, 5.41) is 13.3. The van der Waals surface area contributed by atoms with Crippen LogP contribution in [0.1, 0.15) is 62.5 Å². The highest BCUT2D eigenvalue weighted by atomic mass is 32.2. The first-order valence-electron chi connectivity index (χ1n) is 7.16. The van der Waals surface area contributed by atoms with E-state index in [0.717, 1.165) is 30.2 Å². The predicted octanol–water partition coefficient (Wildman–Crippen LogP) is 3.19. The topological polar surface area (TPSA) is 69.6 Å². The van der Waals surface area contributed by atoms with E-state index in [1.54, 1.807) is 11.8 Å². The van der Waals surface area contributed by atoms with Gasteiger partial charge in [0, 0.05) is 12.5 Å². The van der Waals surface area contributed by atoms with E-state index in [0.29, 0.717) is 11.9 Å². The van der Waals surface area contributed by atoms with Crippen LogP contribution in [0.3, 0.4) is 0 Å². The molecule has 2 aromatic rings. The van der Waals surface area contributed by atoms with Gasteiger partial charge in [0.25, 0.3) is 0 Å². The molecule has 3 rings (SSSR count). The summed E-state index contributed by atoms with van der Waals surface area (Å²) in [5.74, 6) is 1.48. The lowest BCUT2D eigenvalue weighted by Gasteiger charge is -2.07. The monoisotopic (exact) mass is 293 g/mol. The quantitative estimate of drug-likeness (QED) is 0.730. The number of aromatic nitrogens is 5. The molecule has 0 amide bonds. The van der Waals surface area contributed by atoms with Crippen molar-refractivity contribution in [1.29, 1.82) is 0 Å². The largest absolute Gasteiger partial charge is 0.338 e. The maximum Gasteiger partial charge on any atom is 0.239 e. The van der Waals surface area contributed by atoms with Crippen molar-refractivity contribution in [3.8, 4) is 0 Å². The van der Waals surface area contributed by atoms with Gasteiger partial charge in [-0.25, -0.2) is 0 Å². The van der Waals surface area contributed by atoms with Gasteiger partial charge in [-0.2, -0.15) is 4.98 Å². The van der Waals surface area contributed by atoms with Crippen molar-refractivity contribution in [2.45, 2.75) is 62.4 Å². The molecule has 0 saturated heterocycles. The molecule has 1 atom stereocenters. The van der Waals surface area contributed by atoms with E-state index in [9.17, 15) is 0 Å². The van der Waals surface area contributed by atoms with E-state index in [4.69, 9.17) is 4.52 Å². The van der Waals surface area contributed by atoms with Crippen molar-refractivity contribution >= 4 is 11.8 Å². The van der Waals surface area contributed by atoms with Crippen LogP contribution in [-0.2, 0) is 6.42 Å². The molecular formula is C13H19N5OS. The van der Waals surface area contributed by atoms with Crippen LogP contribution in [0.25, 0.3) is 0 Å². The van der Waals surface area contributed by atoms with Crippen LogP contribution in [0.15, 0.2) is 16.0 Å². The number of rotatable bonds is 7. The maximum absolute atomic E-state index is 5.35. The van der Waals surface area contributed by atoms with Gasteiger partial charge in [-0.1, -0.05) is 30.3 Å². The number of thioether (sulfide) groups is 1. The third-order valence-electron chi connectivity index (χ3n) is 3.35. The number of nitrogens with zero attached hydrogens (tertiary/aromatic N) is 5. The Morgan fingerprint density at radius 3 is 3.10 bits per heavy atom. The Bertz CT molecular complexity index is 563. The molecule has 2 heterocycles. The summed E-state index contributed by atoms with van der Waals surface area (Å²) in [6.07, 6.45) is 7.38. The van der Waals surface area contributed by atoms with Gasteiger partial charge in [0.05, 0.1) is 5.25 Å². The third-order valence-corrected chi connectivity index (χ3v) is 4.41. The van der Waals surface area contributed by atoms with Crippen LogP contribution in [0.2, 0.25) is 0 Å². The van der Waals surface area contributed by atoms with Crippen molar-refractivity contribution in [1.82, 2.24) is 24.9 Å². The van der Waals surface area contributed by atoms with Crippen LogP contribution in [0, 0.1) is 0 Å². The molecule has 0 radical (unpaired) electrons. The van der Waals surface area contributed by atoms with E-state index in [1.165, 1.54) is 12.8 Å². The summed E-state index contributed by atoms with van der Waals surface area (Å²) < 4.78 is 7.50. The van der Waals surface area contributed by atoms with Gasteiger partial charge in [0.15, 0.2) is 11.0 Å². The second-order valence-electron chi connectivity index (χ2n) is 5.16. The van der Waals surface area contributed by atoms with Crippen molar-refractivity contribution in [2.24, 2.45) is 0 Å². The van der Waals surface area contributed by atoms with E-state index < -0.39 is 0 Å². The molecule has 0 aromatic carbocycles. The Balaban J connectivity index is 1.64. The molecule has 7 heteroatoms. The molecule has 20 heavy (non-hydrogen) atoms. The first-order chi connectivity index (χ1) is 9.78. The van der Waals surface area contributed by atoms with E-state index in [1.807, 2.05) is 6.33 Å². The van der Waals surface area contributed by atoms with Gasteiger partial charge < -0.3 is 9.09 Å².